The van der Waals surface area contributed by atoms with Gasteiger partial charge in [-0.3, -0.25) is 0 Å². The Labute approximate surface area is 176 Å². The van der Waals surface area contributed by atoms with E-state index in [1.165, 1.54) is 0 Å². The van der Waals surface area contributed by atoms with Gasteiger partial charge in [-0.25, -0.2) is 4.79 Å². The third kappa shape index (κ3) is 4.48. The Balaban J connectivity index is 0.000000181. The van der Waals surface area contributed by atoms with Crippen LogP contribution in [0, 0.1) is 23.7 Å². The largest absolute Gasteiger partial charge is 0.445 e. The second-order valence-corrected chi connectivity index (χ2v) is 9.04. The summed E-state index contributed by atoms with van der Waals surface area (Å²) in [5.74, 6) is 0.999. The summed E-state index contributed by atoms with van der Waals surface area (Å²) in [6.45, 7) is 3.14. The molecule has 8 nitrogen and oxygen atoms in total. The lowest BCUT2D eigenvalue weighted by molar-refractivity contribution is 0.0160. The number of hydrogen-bond donors (Lipinski definition) is 5. The molecule has 1 aromatic carbocycles. The lowest BCUT2D eigenvalue weighted by Gasteiger charge is -2.19. The van der Waals surface area contributed by atoms with E-state index in [0.29, 0.717) is 31.3 Å². The van der Waals surface area contributed by atoms with Gasteiger partial charge in [0, 0.05) is 31.5 Å². The van der Waals surface area contributed by atoms with Crippen molar-refractivity contribution in [1.82, 2.24) is 10.2 Å². The highest BCUT2D eigenvalue weighted by Gasteiger charge is 2.48. The number of aliphatic hydroxyl groups is 4. The molecule has 8 heteroatoms. The van der Waals surface area contributed by atoms with E-state index in [-0.39, 0.29) is 24.5 Å². The standard InChI is InChI=1S/C15H19NO4.C7H13NO2/c17-13-6-11-7-16(8-12(11)14(13)18)15(19)20-9-10-4-2-1-3-5-10;9-6-1-4-2-8-3-5(4)7(6)10/h1-5,11-14,17-18H,6-9H2;4-10H,1-3H2/t11-,12+,13+,14-;4-,5+,6+,7-/m00/s1. The number of likely N-dealkylation sites (tertiary alicyclic amines) is 1. The van der Waals surface area contributed by atoms with Crippen LogP contribution in [0.25, 0.3) is 0 Å². The van der Waals surface area contributed by atoms with Gasteiger partial charge in [0.2, 0.25) is 0 Å². The van der Waals surface area contributed by atoms with Crippen LogP contribution in [0.5, 0.6) is 0 Å². The molecule has 2 saturated heterocycles. The topological polar surface area (TPSA) is 122 Å². The number of rotatable bonds is 2. The molecule has 0 aromatic heterocycles. The van der Waals surface area contributed by atoms with Gasteiger partial charge in [0.1, 0.15) is 6.61 Å². The van der Waals surface area contributed by atoms with Gasteiger partial charge in [-0.2, -0.15) is 0 Å². The quantitative estimate of drug-likeness (QED) is 0.454. The van der Waals surface area contributed by atoms with Crippen molar-refractivity contribution in [2.75, 3.05) is 26.2 Å². The average molecular weight is 421 g/mol. The molecular weight excluding hydrogens is 388 g/mol. The first kappa shape index (κ1) is 21.5. The first-order valence-electron chi connectivity index (χ1n) is 10.8. The second-order valence-electron chi connectivity index (χ2n) is 9.04. The number of aliphatic hydroxyl groups excluding tert-OH is 4. The van der Waals surface area contributed by atoms with Crippen molar-refractivity contribution in [2.45, 2.75) is 43.9 Å². The van der Waals surface area contributed by atoms with Crippen LogP contribution in [-0.4, -0.2) is 82.0 Å². The van der Waals surface area contributed by atoms with Gasteiger partial charge in [-0.15, -0.1) is 0 Å². The molecule has 0 radical (unpaired) electrons. The highest BCUT2D eigenvalue weighted by Crippen LogP contribution is 2.38. The van der Waals surface area contributed by atoms with E-state index in [0.717, 1.165) is 25.1 Å². The van der Waals surface area contributed by atoms with Crippen LogP contribution < -0.4 is 5.32 Å². The minimum absolute atomic E-state index is 0.0192. The fraction of sp³-hybridized carbons (Fsp3) is 0.682. The van der Waals surface area contributed by atoms with Crippen molar-refractivity contribution in [2.24, 2.45) is 23.7 Å². The van der Waals surface area contributed by atoms with Crippen molar-refractivity contribution in [3.05, 3.63) is 35.9 Å². The third-order valence-electron chi connectivity index (χ3n) is 7.10. The maximum atomic E-state index is 12.0. The summed E-state index contributed by atoms with van der Waals surface area (Å²) in [7, 11) is 0. The Kier molecular flexibility index (Phi) is 6.60. The number of nitrogens with one attached hydrogen (secondary N) is 1. The first-order chi connectivity index (χ1) is 14.4. The van der Waals surface area contributed by atoms with Crippen molar-refractivity contribution < 1.29 is 30.0 Å². The van der Waals surface area contributed by atoms with Crippen LogP contribution in [0.15, 0.2) is 30.3 Å². The Bertz CT molecular complexity index is 717. The summed E-state index contributed by atoms with van der Waals surface area (Å²) in [4.78, 5) is 13.6. The summed E-state index contributed by atoms with van der Waals surface area (Å²) in [6, 6.07) is 9.54. The Morgan fingerprint density at radius 2 is 1.60 bits per heavy atom. The number of ether oxygens (including phenoxy) is 1. The highest BCUT2D eigenvalue weighted by atomic mass is 16.6. The number of carbonyl (C=O) groups is 1. The molecule has 0 unspecified atom stereocenters. The number of hydrogen-bond acceptors (Lipinski definition) is 7. The van der Waals surface area contributed by atoms with Crippen LogP contribution in [0.1, 0.15) is 18.4 Å². The molecule has 4 aliphatic rings. The summed E-state index contributed by atoms with van der Waals surface area (Å²) in [6.07, 6.45) is -1.30. The van der Waals surface area contributed by atoms with Crippen LogP contribution in [0.2, 0.25) is 0 Å². The number of amides is 1. The zero-order valence-corrected chi connectivity index (χ0v) is 17.0. The second kappa shape index (κ2) is 9.20. The van der Waals surface area contributed by atoms with E-state index < -0.39 is 24.4 Å². The molecule has 2 heterocycles. The minimum Gasteiger partial charge on any atom is -0.445 e. The highest BCUT2D eigenvalue weighted by molar-refractivity contribution is 5.68. The van der Waals surface area contributed by atoms with Gasteiger partial charge in [0.25, 0.3) is 0 Å². The van der Waals surface area contributed by atoms with Gasteiger partial charge in [-0.05, 0) is 36.8 Å². The molecule has 0 spiro atoms. The minimum atomic E-state index is -0.716. The van der Waals surface area contributed by atoms with E-state index in [1.807, 2.05) is 30.3 Å². The van der Waals surface area contributed by atoms with Gasteiger partial charge < -0.3 is 35.4 Å². The molecule has 166 valence electrons. The fourth-order valence-electron chi connectivity index (χ4n) is 5.37. The Morgan fingerprint density at radius 1 is 0.933 bits per heavy atom. The van der Waals surface area contributed by atoms with Crippen LogP contribution in [-0.2, 0) is 11.3 Å². The van der Waals surface area contributed by atoms with E-state index in [9.17, 15) is 25.2 Å². The molecule has 5 rings (SSSR count). The lowest BCUT2D eigenvalue weighted by Crippen LogP contribution is -2.34. The maximum Gasteiger partial charge on any atom is 0.410 e. The molecule has 5 N–H and O–H groups in total. The average Bonchev–Trinajstić information content (AvgIpc) is 3.49. The molecule has 4 fully saturated rings. The predicted molar refractivity (Wildman–Crippen MR) is 108 cm³/mol. The van der Waals surface area contributed by atoms with Crippen LogP contribution >= 0.6 is 0 Å². The van der Waals surface area contributed by atoms with E-state index >= 15 is 0 Å². The smallest absolute Gasteiger partial charge is 0.410 e. The number of benzene rings is 1. The number of nitrogens with zero attached hydrogens (tertiary/aromatic N) is 1. The molecule has 2 saturated carbocycles. The third-order valence-corrected chi connectivity index (χ3v) is 7.10. The van der Waals surface area contributed by atoms with E-state index in [1.54, 1.807) is 4.90 Å². The number of carbonyl (C=O) groups excluding carboxylic acids is 1. The van der Waals surface area contributed by atoms with E-state index in [4.69, 9.17) is 4.74 Å². The van der Waals surface area contributed by atoms with Gasteiger partial charge in [0.05, 0.1) is 24.4 Å². The van der Waals surface area contributed by atoms with Crippen molar-refractivity contribution >= 4 is 6.09 Å². The Morgan fingerprint density at radius 3 is 2.27 bits per heavy atom. The SMILES string of the molecule is O=C(OCc1ccccc1)N1C[C@@H]2C[C@@H](O)[C@@H](O)[C@@H]2C1.O[C@H]1[C@@H]2CNC[C@@H]2C[C@H]1O. The molecule has 0 bridgehead atoms. The molecule has 1 aromatic rings. The summed E-state index contributed by atoms with van der Waals surface area (Å²) < 4.78 is 5.28. The lowest BCUT2D eigenvalue weighted by atomic mass is 9.99. The van der Waals surface area contributed by atoms with Gasteiger partial charge in [0.15, 0.2) is 0 Å². The molecule has 30 heavy (non-hydrogen) atoms. The first-order valence-corrected chi connectivity index (χ1v) is 10.8. The fourth-order valence-corrected chi connectivity index (χ4v) is 5.37. The van der Waals surface area contributed by atoms with Gasteiger partial charge >= 0.3 is 6.09 Å². The zero-order valence-electron chi connectivity index (χ0n) is 17.0. The molecule has 1 amide bonds. The van der Waals surface area contributed by atoms with Crippen molar-refractivity contribution in [3.63, 3.8) is 0 Å². The van der Waals surface area contributed by atoms with Crippen LogP contribution in [0.3, 0.4) is 0 Å². The summed E-state index contributed by atoms with van der Waals surface area (Å²) in [5, 5.41) is 41.3. The van der Waals surface area contributed by atoms with Gasteiger partial charge in [-0.1, -0.05) is 30.3 Å². The summed E-state index contributed by atoms with van der Waals surface area (Å²) in [5.41, 5.74) is 0.954. The van der Waals surface area contributed by atoms with Crippen molar-refractivity contribution in [3.8, 4) is 0 Å². The number of fused-ring (bicyclic) bond motifs is 2. The molecular formula is C22H32N2O6. The zero-order chi connectivity index (χ0) is 21.3. The predicted octanol–water partition coefficient (Wildman–Crippen LogP) is -0.0558. The molecule has 2 aliphatic heterocycles. The molecule has 8 atom stereocenters. The normalized spacial score (nSPS) is 39.3. The van der Waals surface area contributed by atoms with E-state index in [2.05, 4.69) is 5.32 Å². The molecule has 2 aliphatic carbocycles. The summed E-state index contributed by atoms with van der Waals surface area (Å²) >= 11 is 0. The Hall–Kier alpha value is -1.71. The maximum absolute atomic E-state index is 12.0. The van der Waals surface area contributed by atoms with Crippen LogP contribution in [0.4, 0.5) is 4.79 Å². The van der Waals surface area contributed by atoms with Crippen molar-refractivity contribution in [1.29, 1.82) is 0 Å². The monoisotopic (exact) mass is 420 g/mol.